The lowest BCUT2D eigenvalue weighted by molar-refractivity contribution is 0.0563. The van der Waals surface area contributed by atoms with E-state index in [9.17, 15) is 4.79 Å². The topological polar surface area (TPSA) is 82.4 Å². The van der Waals surface area contributed by atoms with Crippen molar-refractivity contribution in [2.24, 2.45) is 0 Å². The van der Waals surface area contributed by atoms with Crippen LogP contribution in [0.3, 0.4) is 0 Å². The number of aliphatic hydroxyl groups is 1. The Morgan fingerprint density at radius 1 is 1.32 bits per heavy atom. The summed E-state index contributed by atoms with van der Waals surface area (Å²) in [5.74, 6) is -0.00945. The first-order valence-corrected chi connectivity index (χ1v) is 6.10. The van der Waals surface area contributed by atoms with Gasteiger partial charge in [0.2, 0.25) is 0 Å². The van der Waals surface area contributed by atoms with E-state index in [1.54, 1.807) is 32.9 Å². The molecule has 0 fully saturated rings. The number of carbonyl (C=O) groups excluding carboxylic acids is 1. The number of hydrogen-bond donors (Lipinski definition) is 3. The Labute approximate surface area is 113 Å². The number of amides is 1. The average Bonchev–Trinajstić information content (AvgIpc) is 2.27. The van der Waals surface area contributed by atoms with Crippen molar-refractivity contribution >= 4 is 11.9 Å². The van der Waals surface area contributed by atoms with Gasteiger partial charge in [-0.25, -0.2) is 4.79 Å². The van der Waals surface area contributed by atoms with E-state index in [2.05, 4.69) is 5.32 Å². The standard InChI is InChI=1S/C14H20N2O3/c1-14(2,3)19-13(18)16-12(15)11-6-4-10(5-7-11)8-9-17/h4-7,17H,8-9H2,1-3H3,(H2,15,16,18). The zero-order chi connectivity index (χ0) is 14.5. The molecule has 5 heteroatoms. The van der Waals surface area contributed by atoms with Gasteiger partial charge in [0.1, 0.15) is 11.4 Å². The van der Waals surface area contributed by atoms with E-state index in [0.29, 0.717) is 12.0 Å². The lowest BCUT2D eigenvalue weighted by atomic mass is 10.1. The van der Waals surface area contributed by atoms with Crippen molar-refractivity contribution in [3.8, 4) is 0 Å². The zero-order valence-electron chi connectivity index (χ0n) is 11.5. The Balaban J connectivity index is 2.60. The summed E-state index contributed by atoms with van der Waals surface area (Å²) in [6, 6.07) is 7.09. The molecule has 19 heavy (non-hydrogen) atoms. The zero-order valence-corrected chi connectivity index (χ0v) is 11.5. The second-order valence-electron chi connectivity index (χ2n) is 5.17. The molecule has 0 heterocycles. The summed E-state index contributed by atoms with van der Waals surface area (Å²) in [6.07, 6.45) is -0.0652. The fourth-order valence-corrected chi connectivity index (χ4v) is 1.45. The second-order valence-corrected chi connectivity index (χ2v) is 5.17. The Hall–Kier alpha value is -1.88. The molecule has 0 aromatic heterocycles. The van der Waals surface area contributed by atoms with E-state index >= 15 is 0 Å². The number of rotatable bonds is 3. The van der Waals surface area contributed by atoms with Crippen LogP contribution in [-0.2, 0) is 11.2 Å². The number of amidine groups is 1. The number of aliphatic hydroxyl groups excluding tert-OH is 1. The number of ether oxygens (including phenoxy) is 1. The first kappa shape index (κ1) is 15.2. The highest BCUT2D eigenvalue weighted by atomic mass is 16.6. The smallest absolute Gasteiger partial charge is 0.413 e. The third-order valence-electron chi connectivity index (χ3n) is 2.27. The highest BCUT2D eigenvalue weighted by molar-refractivity contribution is 6.04. The molecule has 1 aromatic carbocycles. The number of hydrogen-bond acceptors (Lipinski definition) is 4. The number of carbonyl (C=O) groups is 1. The Morgan fingerprint density at radius 3 is 2.37 bits per heavy atom. The summed E-state index contributed by atoms with van der Waals surface area (Å²) in [5, 5.41) is 19.0. The summed E-state index contributed by atoms with van der Waals surface area (Å²) in [4.78, 5) is 11.5. The van der Waals surface area contributed by atoms with Gasteiger partial charge in [0, 0.05) is 12.2 Å². The van der Waals surface area contributed by atoms with Crippen molar-refractivity contribution < 1.29 is 14.6 Å². The first-order valence-electron chi connectivity index (χ1n) is 6.10. The average molecular weight is 264 g/mol. The van der Waals surface area contributed by atoms with Gasteiger partial charge in [-0.15, -0.1) is 0 Å². The molecule has 0 radical (unpaired) electrons. The van der Waals surface area contributed by atoms with Crippen LogP contribution in [0.5, 0.6) is 0 Å². The van der Waals surface area contributed by atoms with E-state index < -0.39 is 11.7 Å². The van der Waals surface area contributed by atoms with Gasteiger partial charge in [0.25, 0.3) is 0 Å². The van der Waals surface area contributed by atoms with Crippen LogP contribution < -0.4 is 5.32 Å². The maximum atomic E-state index is 11.5. The molecular formula is C14H20N2O3. The van der Waals surface area contributed by atoms with Gasteiger partial charge < -0.3 is 9.84 Å². The Morgan fingerprint density at radius 2 is 1.89 bits per heavy atom. The van der Waals surface area contributed by atoms with Crippen molar-refractivity contribution in [3.63, 3.8) is 0 Å². The van der Waals surface area contributed by atoms with Gasteiger partial charge in [0.05, 0.1) is 0 Å². The van der Waals surface area contributed by atoms with Crippen molar-refractivity contribution in [1.29, 1.82) is 5.41 Å². The van der Waals surface area contributed by atoms with E-state index in [4.69, 9.17) is 15.3 Å². The summed E-state index contributed by atoms with van der Waals surface area (Å²) in [5.41, 5.74) is 0.985. The van der Waals surface area contributed by atoms with Crippen LogP contribution in [0.4, 0.5) is 4.79 Å². The molecule has 0 saturated carbocycles. The van der Waals surface area contributed by atoms with Gasteiger partial charge in [-0.1, -0.05) is 24.3 Å². The molecule has 3 N–H and O–H groups in total. The molecule has 0 spiro atoms. The van der Waals surface area contributed by atoms with Crippen molar-refractivity contribution in [3.05, 3.63) is 35.4 Å². The monoisotopic (exact) mass is 264 g/mol. The van der Waals surface area contributed by atoms with Gasteiger partial charge >= 0.3 is 6.09 Å². The highest BCUT2D eigenvalue weighted by Gasteiger charge is 2.17. The Kier molecular flexibility index (Phi) is 5.06. The minimum absolute atomic E-state index is 0.00945. The minimum atomic E-state index is -0.642. The van der Waals surface area contributed by atoms with Crippen LogP contribution in [0.2, 0.25) is 0 Å². The summed E-state index contributed by atoms with van der Waals surface area (Å²) < 4.78 is 5.07. The molecule has 0 aliphatic rings. The van der Waals surface area contributed by atoms with E-state index in [1.165, 1.54) is 0 Å². The molecule has 0 aliphatic heterocycles. The molecule has 0 unspecified atom stereocenters. The second kappa shape index (κ2) is 6.33. The van der Waals surface area contributed by atoms with Crippen molar-refractivity contribution in [1.82, 2.24) is 5.32 Å². The highest BCUT2D eigenvalue weighted by Crippen LogP contribution is 2.08. The van der Waals surface area contributed by atoms with Crippen LogP contribution >= 0.6 is 0 Å². The predicted molar refractivity (Wildman–Crippen MR) is 73.4 cm³/mol. The van der Waals surface area contributed by atoms with Crippen LogP contribution in [0, 0.1) is 5.41 Å². The quantitative estimate of drug-likeness (QED) is 0.577. The van der Waals surface area contributed by atoms with Crippen LogP contribution in [-0.4, -0.2) is 29.2 Å². The summed E-state index contributed by atoms with van der Waals surface area (Å²) in [6.45, 7) is 5.38. The molecule has 0 aliphatic carbocycles. The van der Waals surface area contributed by atoms with E-state index in [1.807, 2.05) is 12.1 Å². The van der Waals surface area contributed by atoms with Gasteiger partial charge in [-0.2, -0.15) is 0 Å². The maximum absolute atomic E-state index is 11.5. The van der Waals surface area contributed by atoms with Crippen LogP contribution in [0.25, 0.3) is 0 Å². The van der Waals surface area contributed by atoms with E-state index in [0.717, 1.165) is 5.56 Å². The van der Waals surface area contributed by atoms with Gasteiger partial charge in [-0.05, 0) is 32.8 Å². The minimum Gasteiger partial charge on any atom is -0.444 e. The predicted octanol–water partition coefficient (Wildman–Crippen LogP) is 2.07. The molecule has 1 aromatic rings. The van der Waals surface area contributed by atoms with Crippen LogP contribution in [0.1, 0.15) is 31.9 Å². The normalized spacial score (nSPS) is 10.9. The third kappa shape index (κ3) is 5.52. The molecule has 1 amide bonds. The Bertz CT molecular complexity index is 447. The molecule has 104 valence electrons. The molecule has 5 nitrogen and oxygen atoms in total. The fraction of sp³-hybridized carbons (Fsp3) is 0.429. The molecule has 0 bridgehead atoms. The van der Waals surface area contributed by atoms with E-state index in [-0.39, 0.29) is 12.4 Å². The molecule has 0 saturated heterocycles. The third-order valence-corrected chi connectivity index (χ3v) is 2.27. The fourth-order valence-electron chi connectivity index (χ4n) is 1.45. The maximum Gasteiger partial charge on any atom is 0.413 e. The lowest BCUT2D eigenvalue weighted by Crippen LogP contribution is -2.36. The number of benzene rings is 1. The summed E-state index contributed by atoms with van der Waals surface area (Å²) in [7, 11) is 0. The van der Waals surface area contributed by atoms with Crippen molar-refractivity contribution in [2.45, 2.75) is 32.8 Å². The number of alkyl carbamates (subject to hydrolysis) is 1. The summed E-state index contributed by atoms with van der Waals surface area (Å²) >= 11 is 0. The molecular weight excluding hydrogens is 244 g/mol. The van der Waals surface area contributed by atoms with Crippen LogP contribution in [0.15, 0.2) is 24.3 Å². The largest absolute Gasteiger partial charge is 0.444 e. The molecule has 0 atom stereocenters. The first-order chi connectivity index (χ1) is 8.81. The van der Waals surface area contributed by atoms with Crippen molar-refractivity contribution in [2.75, 3.05) is 6.61 Å². The molecule has 1 rings (SSSR count). The SMILES string of the molecule is CC(C)(C)OC(=O)NC(=N)c1ccc(CCO)cc1. The lowest BCUT2D eigenvalue weighted by Gasteiger charge is -2.19. The number of nitrogens with one attached hydrogen (secondary N) is 2. The van der Waals surface area contributed by atoms with Gasteiger partial charge in [-0.3, -0.25) is 10.7 Å². The van der Waals surface area contributed by atoms with Gasteiger partial charge in [0.15, 0.2) is 0 Å².